The third-order valence-electron chi connectivity index (χ3n) is 2.80. The summed E-state index contributed by atoms with van der Waals surface area (Å²) in [6.45, 7) is 0.796. The molecule has 0 saturated carbocycles. The van der Waals surface area contributed by atoms with Crippen molar-refractivity contribution in [2.75, 3.05) is 13.1 Å². The van der Waals surface area contributed by atoms with Crippen LogP contribution < -0.4 is 5.73 Å². The van der Waals surface area contributed by atoms with Gasteiger partial charge in [-0.05, 0) is 27.6 Å². The highest BCUT2D eigenvalue weighted by molar-refractivity contribution is 9.11. The van der Waals surface area contributed by atoms with Crippen LogP contribution in [0, 0.1) is 0 Å². The monoisotopic (exact) mass is 408 g/mol. The van der Waals surface area contributed by atoms with Gasteiger partial charge < -0.3 is 5.73 Å². The Morgan fingerprint density at radius 3 is 2.48 bits per heavy atom. The molecular weight excluding hydrogens is 396 g/mol. The number of hydrogen-bond acceptors (Lipinski definition) is 4. The summed E-state index contributed by atoms with van der Waals surface area (Å²) in [5.41, 5.74) is 6.47. The van der Waals surface area contributed by atoms with Crippen molar-refractivity contribution in [3.05, 3.63) is 50.8 Å². The Kier molecular flexibility index (Phi) is 5.81. The van der Waals surface area contributed by atoms with Crippen molar-refractivity contribution >= 4 is 48.9 Å². The van der Waals surface area contributed by atoms with Crippen molar-refractivity contribution in [3.8, 4) is 0 Å². The standard InChI is InChI=1S/C13H14BrClN2O2S2/c14-13-11(15)8-12(20-13)21(18,19)17(7-6-16)9-10-4-2-1-3-5-10/h1-5,8H,6-7,9,16H2. The van der Waals surface area contributed by atoms with Crippen molar-refractivity contribution in [2.24, 2.45) is 5.73 Å². The van der Waals surface area contributed by atoms with Crippen molar-refractivity contribution in [1.29, 1.82) is 0 Å². The van der Waals surface area contributed by atoms with E-state index >= 15 is 0 Å². The van der Waals surface area contributed by atoms with E-state index in [0.717, 1.165) is 16.9 Å². The van der Waals surface area contributed by atoms with Gasteiger partial charge in [0.1, 0.15) is 4.21 Å². The molecule has 0 bridgehead atoms. The molecule has 0 aliphatic heterocycles. The molecule has 0 spiro atoms. The van der Waals surface area contributed by atoms with Gasteiger partial charge in [0, 0.05) is 19.6 Å². The molecule has 1 aromatic carbocycles. The van der Waals surface area contributed by atoms with Crippen molar-refractivity contribution < 1.29 is 8.42 Å². The number of thiophene rings is 1. The zero-order valence-electron chi connectivity index (χ0n) is 11.0. The molecule has 0 aliphatic carbocycles. The van der Waals surface area contributed by atoms with Crippen LogP contribution in [0.25, 0.3) is 0 Å². The van der Waals surface area contributed by atoms with E-state index in [-0.39, 0.29) is 23.8 Å². The number of rotatable bonds is 6. The van der Waals surface area contributed by atoms with Gasteiger partial charge in [0.05, 0.1) is 8.81 Å². The maximum atomic E-state index is 12.7. The molecule has 1 aromatic heterocycles. The van der Waals surface area contributed by atoms with E-state index in [1.807, 2.05) is 30.3 Å². The Labute approximate surface area is 141 Å². The van der Waals surface area contributed by atoms with Crippen molar-refractivity contribution in [1.82, 2.24) is 4.31 Å². The van der Waals surface area contributed by atoms with Gasteiger partial charge in [-0.2, -0.15) is 4.31 Å². The summed E-state index contributed by atoms with van der Waals surface area (Å²) in [6.07, 6.45) is 0. The summed E-state index contributed by atoms with van der Waals surface area (Å²) in [6, 6.07) is 10.9. The maximum absolute atomic E-state index is 12.7. The first-order valence-corrected chi connectivity index (χ1v) is 9.57. The van der Waals surface area contributed by atoms with Crippen LogP contribution in [0.1, 0.15) is 5.56 Å². The highest BCUT2D eigenvalue weighted by atomic mass is 79.9. The van der Waals surface area contributed by atoms with Crippen LogP contribution in [-0.4, -0.2) is 25.8 Å². The summed E-state index contributed by atoms with van der Waals surface area (Å²) in [5.74, 6) is 0. The second-order valence-corrected chi connectivity index (χ2v) is 9.24. The summed E-state index contributed by atoms with van der Waals surface area (Å²) in [5, 5.41) is 0.394. The number of sulfonamides is 1. The zero-order chi connectivity index (χ0) is 15.5. The van der Waals surface area contributed by atoms with E-state index in [0.29, 0.717) is 8.81 Å². The summed E-state index contributed by atoms with van der Waals surface area (Å²) in [4.78, 5) is 0. The van der Waals surface area contributed by atoms with E-state index < -0.39 is 10.0 Å². The van der Waals surface area contributed by atoms with Crippen LogP contribution in [0.3, 0.4) is 0 Å². The molecule has 2 N–H and O–H groups in total. The van der Waals surface area contributed by atoms with Gasteiger partial charge in [0.2, 0.25) is 0 Å². The summed E-state index contributed by atoms with van der Waals surface area (Å²) < 4.78 is 27.6. The van der Waals surface area contributed by atoms with Gasteiger partial charge >= 0.3 is 0 Å². The lowest BCUT2D eigenvalue weighted by Gasteiger charge is -2.20. The smallest absolute Gasteiger partial charge is 0.252 e. The molecule has 21 heavy (non-hydrogen) atoms. The highest BCUT2D eigenvalue weighted by Gasteiger charge is 2.26. The summed E-state index contributed by atoms with van der Waals surface area (Å²) >= 11 is 10.3. The maximum Gasteiger partial charge on any atom is 0.252 e. The zero-order valence-corrected chi connectivity index (χ0v) is 15.0. The number of benzene rings is 1. The van der Waals surface area contributed by atoms with Gasteiger partial charge in [-0.15, -0.1) is 11.3 Å². The molecule has 2 aromatic rings. The second kappa shape index (κ2) is 7.21. The Hall–Kier alpha value is -0.440. The number of hydrogen-bond donors (Lipinski definition) is 1. The predicted molar refractivity (Wildman–Crippen MR) is 90.1 cm³/mol. The average Bonchev–Trinajstić information content (AvgIpc) is 2.80. The Morgan fingerprint density at radius 1 is 1.29 bits per heavy atom. The second-order valence-electron chi connectivity index (χ2n) is 4.30. The SMILES string of the molecule is NCCN(Cc1ccccc1)S(=O)(=O)c1cc(Cl)c(Br)s1. The van der Waals surface area contributed by atoms with Crippen LogP contribution in [0.5, 0.6) is 0 Å². The molecule has 4 nitrogen and oxygen atoms in total. The third-order valence-corrected chi connectivity index (χ3v) is 7.57. The van der Waals surface area contributed by atoms with Gasteiger partial charge in [-0.3, -0.25) is 0 Å². The molecule has 0 fully saturated rings. The molecular formula is C13H14BrClN2O2S2. The molecule has 0 radical (unpaired) electrons. The van der Waals surface area contributed by atoms with E-state index in [9.17, 15) is 8.42 Å². The van der Waals surface area contributed by atoms with Crippen LogP contribution >= 0.6 is 38.9 Å². The minimum Gasteiger partial charge on any atom is -0.329 e. The fourth-order valence-corrected chi connectivity index (χ4v) is 5.79. The molecule has 2 rings (SSSR count). The number of halogens is 2. The van der Waals surface area contributed by atoms with Gasteiger partial charge in [0.15, 0.2) is 0 Å². The normalized spacial score (nSPS) is 12.0. The Morgan fingerprint density at radius 2 is 1.95 bits per heavy atom. The molecule has 0 amide bonds. The van der Waals surface area contributed by atoms with Crippen LogP contribution in [0.4, 0.5) is 0 Å². The van der Waals surface area contributed by atoms with E-state index in [2.05, 4.69) is 15.9 Å². The molecule has 0 atom stereocenters. The lowest BCUT2D eigenvalue weighted by molar-refractivity contribution is 0.415. The first-order valence-electron chi connectivity index (χ1n) is 6.14. The Balaban J connectivity index is 2.32. The fourth-order valence-electron chi connectivity index (χ4n) is 1.80. The van der Waals surface area contributed by atoms with Crippen molar-refractivity contribution in [2.45, 2.75) is 10.8 Å². The van der Waals surface area contributed by atoms with Crippen LogP contribution in [0.15, 0.2) is 44.4 Å². The Bertz CT molecular complexity index is 685. The highest BCUT2D eigenvalue weighted by Crippen LogP contribution is 2.36. The molecule has 0 aliphatic rings. The third kappa shape index (κ3) is 4.06. The van der Waals surface area contributed by atoms with Crippen LogP contribution in [0.2, 0.25) is 5.02 Å². The minimum absolute atomic E-state index is 0.212. The number of nitrogens with zero attached hydrogens (tertiary/aromatic N) is 1. The van der Waals surface area contributed by atoms with Crippen LogP contribution in [-0.2, 0) is 16.6 Å². The largest absolute Gasteiger partial charge is 0.329 e. The van der Waals surface area contributed by atoms with Crippen molar-refractivity contribution in [3.63, 3.8) is 0 Å². The van der Waals surface area contributed by atoms with Gasteiger partial charge in [0.25, 0.3) is 10.0 Å². The van der Waals surface area contributed by atoms with E-state index in [4.69, 9.17) is 17.3 Å². The topological polar surface area (TPSA) is 63.4 Å². The molecule has 1 heterocycles. The molecule has 0 unspecified atom stereocenters. The lowest BCUT2D eigenvalue weighted by Crippen LogP contribution is -2.34. The fraction of sp³-hybridized carbons (Fsp3) is 0.231. The molecule has 8 heteroatoms. The van der Waals surface area contributed by atoms with E-state index in [1.165, 1.54) is 10.4 Å². The lowest BCUT2D eigenvalue weighted by atomic mass is 10.2. The molecule has 114 valence electrons. The molecule has 0 saturated heterocycles. The first kappa shape index (κ1) is 16.9. The van der Waals surface area contributed by atoms with Gasteiger partial charge in [-0.1, -0.05) is 41.9 Å². The minimum atomic E-state index is -3.61. The van der Waals surface area contributed by atoms with E-state index in [1.54, 1.807) is 0 Å². The average molecular weight is 410 g/mol. The summed E-state index contributed by atoms with van der Waals surface area (Å²) in [7, 11) is -3.61. The number of nitrogens with two attached hydrogens (primary N) is 1. The quantitative estimate of drug-likeness (QED) is 0.796. The first-order chi connectivity index (χ1) is 9.95. The van der Waals surface area contributed by atoms with Gasteiger partial charge in [-0.25, -0.2) is 8.42 Å². The predicted octanol–water partition coefficient (Wildman–Crippen LogP) is 3.31.